The molecule has 5 heteroatoms. The Morgan fingerprint density at radius 3 is 2.89 bits per heavy atom. The van der Waals surface area contributed by atoms with Crippen LogP contribution in [0.1, 0.15) is 25.8 Å². The molecule has 1 unspecified atom stereocenters. The largest absolute Gasteiger partial charge is 0.389 e. The van der Waals surface area contributed by atoms with Crippen LogP contribution in [0.4, 0.5) is 5.69 Å². The van der Waals surface area contributed by atoms with Crippen molar-refractivity contribution in [2.45, 2.75) is 26.3 Å². The van der Waals surface area contributed by atoms with Crippen LogP contribution in [0.3, 0.4) is 0 Å². The summed E-state index contributed by atoms with van der Waals surface area (Å²) in [6.45, 7) is 5.79. The summed E-state index contributed by atoms with van der Waals surface area (Å²) < 4.78 is 5.16. The highest BCUT2D eigenvalue weighted by Crippen LogP contribution is 2.22. The van der Waals surface area contributed by atoms with Gasteiger partial charge in [-0.25, -0.2) is 0 Å². The maximum atomic E-state index is 5.77. The number of aromatic nitrogens is 1. The molecular weight excluding hydrogens is 246 g/mol. The van der Waals surface area contributed by atoms with E-state index in [9.17, 15) is 0 Å². The summed E-state index contributed by atoms with van der Waals surface area (Å²) in [5, 5.41) is 0. The molecule has 0 aliphatic heterocycles. The second-order valence-corrected chi connectivity index (χ2v) is 4.64. The van der Waals surface area contributed by atoms with Gasteiger partial charge in [-0.15, -0.1) is 0 Å². The van der Waals surface area contributed by atoms with Crippen LogP contribution in [0.5, 0.6) is 0 Å². The lowest BCUT2D eigenvalue weighted by molar-refractivity contribution is 0.203. The molecule has 0 radical (unpaired) electrons. The summed E-state index contributed by atoms with van der Waals surface area (Å²) in [5.74, 6) is 0. The van der Waals surface area contributed by atoms with Gasteiger partial charge in [-0.3, -0.25) is 4.98 Å². The van der Waals surface area contributed by atoms with Gasteiger partial charge >= 0.3 is 0 Å². The molecule has 1 aromatic rings. The van der Waals surface area contributed by atoms with E-state index in [0.29, 0.717) is 17.6 Å². The van der Waals surface area contributed by atoms with Crippen LogP contribution in [0.2, 0.25) is 0 Å². The molecule has 0 bridgehead atoms. The Morgan fingerprint density at radius 2 is 2.33 bits per heavy atom. The van der Waals surface area contributed by atoms with Crippen LogP contribution in [-0.4, -0.2) is 36.3 Å². The van der Waals surface area contributed by atoms with Crippen molar-refractivity contribution in [3.8, 4) is 0 Å². The molecule has 1 rings (SSSR count). The van der Waals surface area contributed by atoms with Crippen molar-refractivity contribution in [3.63, 3.8) is 0 Å². The first-order valence-corrected chi connectivity index (χ1v) is 6.52. The molecule has 0 aliphatic carbocycles. The van der Waals surface area contributed by atoms with Crippen LogP contribution in [0.15, 0.2) is 18.5 Å². The van der Waals surface area contributed by atoms with Gasteiger partial charge in [-0.05, 0) is 19.4 Å². The van der Waals surface area contributed by atoms with Crippen molar-refractivity contribution in [1.82, 2.24) is 4.98 Å². The molecule has 100 valence electrons. The van der Waals surface area contributed by atoms with Gasteiger partial charge in [0.2, 0.25) is 0 Å². The van der Waals surface area contributed by atoms with E-state index in [1.165, 1.54) is 0 Å². The number of rotatable bonds is 7. The third-order valence-electron chi connectivity index (χ3n) is 3.03. The van der Waals surface area contributed by atoms with Gasteiger partial charge in [-0.1, -0.05) is 19.1 Å². The Labute approximate surface area is 114 Å². The van der Waals surface area contributed by atoms with Crippen LogP contribution in [0.25, 0.3) is 0 Å². The van der Waals surface area contributed by atoms with E-state index in [1.54, 1.807) is 13.3 Å². The number of pyridine rings is 1. The second-order valence-electron chi connectivity index (χ2n) is 4.20. The monoisotopic (exact) mass is 267 g/mol. The molecule has 4 nitrogen and oxygen atoms in total. The lowest BCUT2D eigenvalue weighted by Crippen LogP contribution is -2.37. The minimum absolute atomic E-state index is 0.387. The van der Waals surface area contributed by atoms with Crippen LogP contribution in [-0.2, 0) is 4.74 Å². The van der Waals surface area contributed by atoms with Crippen molar-refractivity contribution in [1.29, 1.82) is 0 Å². The van der Waals surface area contributed by atoms with Crippen molar-refractivity contribution in [3.05, 3.63) is 24.0 Å². The topological polar surface area (TPSA) is 51.4 Å². The van der Waals surface area contributed by atoms with Gasteiger partial charge in [0, 0.05) is 31.5 Å². The highest BCUT2D eigenvalue weighted by Gasteiger charge is 2.17. The highest BCUT2D eigenvalue weighted by atomic mass is 32.1. The fourth-order valence-corrected chi connectivity index (χ4v) is 1.98. The third-order valence-corrected chi connectivity index (χ3v) is 3.25. The Balaban J connectivity index is 3.07. The fraction of sp³-hybridized carbons (Fsp3) is 0.538. The summed E-state index contributed by atoms with van der Waals surface area (Å²) in [4.78, 5) is 6.82. The number of thiocarbonyl (C=S) groups is 1. The maximum absolute atomic E-state index is 5.77. The molecular formula is C13H21N3OS. The Bertz CT molecular complexity index is 398. The Hall–Kier alpha value is -1.20. The predicted octanol–water partition coefficient (Wildman–Crippen LogP) is 1.97. The van der Waals surface area contributed by atoms with E-state index >= 15 is 0 Å². The lowest BCUT2D eigenvalue weighted by Gasteiger charge is -2.31. The number of hydrogen-bond donors (Lipinski definition) is 1. The minimum Gasteiger partial charge on any atom is -0.389 e. The number of anilines is 1. The minimum atomic E-state index is 0.387. The lowest BCUT2D eigenvalue weighted by atomic mass is 10.1. The van der Waals surface area contributed by atoms with E-state index in [4.69, 9.17) is 22.7 Å². The predicted molar refractivity (Wildman–Crippen MR) is 79.1 cm³/mol. The molecule has 0 saturated carbocycles. The van der Waals surface area contributed by atoms with E-state index < -0.39 is 0 Å². The van der Waals surface area contributed by atoms with Crippen molar-refractivity contribution in [2.75, 3.05) is 25.2 Å². The molecule has 18 heavy (non-hydrogen) atoms. The Kier molecular flexibility index (Phi) is 6.01. The van der Waals surface area contributed by atoms with E-state index in [2.05, 4.69) is 23.7 Å². The third kappa shape index (κ3) is 3.65. The number of ether oxygens (including phenoxy) is 1. The SMILES string of the molecule is CCC(C)N(CCOC)c1cnccc1C(N)=S. The fourth-order valence-electron chi connectivity index (χ4n) is 1.81. The first-order chi connectivity index (χ1) is 8.61. The molecule has 0 aliphatic rings. The van der Waals surface area contributed by atoms with Gasteiger partial charge in [0.05, 0.1) is 18.5 Å². The highest BCUT2D eigenvalue weighted by molar-refractivity contribution is 7.80. The van der Waals surface area contributed by atoms with Gasteiger partial charge in [-0.2, -0.15) is 0 Å². The molecule has 2 N–H and O–H groups in total. The van der Waals surface area contributed by atoms with E-state index in [-0.39, 0.29) is 0 Å². The van der Waals surface area contributed by atoms with Crippen molar-refractivity contribution >= 4 is 22.9 Å². The van der Waals surface area contributed by atoms with Crippen LogP contribution in [0, 0.1) is 0 Å². The number of methoxy groups -OCH3 is 1. The first kappa shape index (κ1) is 14.9. The summed E-state index contributed by atoms with van der Waals surface area (Å²) in [5.41, 5.74) is 7.62. The van der Waals surface area contributed by atoms with Gasteiger partial charge < -0.3 is 15.4 Å². The standard InChI is InChI=1S/C13H21N3OS/c1-4-10(2)16(7-8-17-3)12-9-15-6-5-11(12)13(14)18/h5-6,9-10H,4,7-8H2,1-3H3,(H2,14,18). The van der Waals surface area contributed by atoms with E-state index in [1.807, 2.05) is 12.3 Å². The molecule has 1 atom stereocenters. The first-order valence-electron chi connectivity index (χ1n) is 6.11. The smallest absolute Gasteiger partial charge is 0.106 e. The number of nitrogens with two attached hydrogens (primary N) is 1. The van der Waals surface area contributed by atoms with Crippen LogP contribution >= 0.6 is 12.2 Å². The molecule has 0 amide bonds. The zero-order valence-electron chi connectivity index (χ0n) is 11.2. The van der Waals surface area contributed by atoms with Crippen molar-refractivity contribution in [2.24, 2.45) is 5.73 Å². The summed E-state index contributed by atoms with van der Waals surface area (Å²) in [7, 11) is 1.70. The maximum Gasteiger partial charge on any atom is 0.106 e. The van der Waals surface area contributed by atoms with Gasteiger partial charge in [0.25, 0.3) is 0 Å². The molecule has 0 fully saturated rings. The molecule has 1 heterocycles. The summed E-state index contributed by atoms with van der Waals surface area (Å²) in [6.07, 6.45) is 4.56. The molecule has 0 saturated heterocycles. The van der Waals surface area contributed by atoms with Crippen molar-refractivity contribution < 1.29 is 4.74 Å². The zero-order chi connectivity index (χ0) is 13.5. The average molecular weight is 267 g/mol. The number of nitrogens with zero attached hydrogens (tertiary/aromatic N) is 2. The number of hydrogen-bond acceptors (Lipinski definition) is 4. The van der Waals surface area contributed by atoms with Crippen LogP contribution < -0.4 is 10.6 Å². The van der Waals surface area contributed by atoms with E-state index in [0.717, 1.165) is 24.2 Å². The quantitative estimate of drug-likeness (QED) is 0.765. The van der Waals surface area contributed by atoms with Gasteiger partial charge in [0.15, 0.2) is 0 Å². The molecule has 0 aromatic carbocycles. The summed E-state index contributed by atoms with van der Waals surface area (Å²) >= 11 is 5.10. The summed E-state index contributed by atoms with van der Waals surface area (Å²) in [6, 6.07) is 2.25. The van der Waals surface area contributed by atoms with Gasteiger partial charge in [0.1, 0.15) is 4.99 Å². The normalized spacial score (nSPS) is 12.2. The zero-order valence-corrected chi connectivity index (χ0v) is 12.0. The molecule has 1 aromatic heterocycles. The molecule has 0 spiro atoms. The average Bonchev–Trinajstić information content (AvgIpc) is 2.39. The second kappa shape index (κ2) is 7.28. The Morgan fingerprint density at radius 1 is 1.61 bits per heavy atom.